The topological polar surface area (TPSA) is 93.7 Å². The minimum Gasteiger partial charge on any atom is -0.454 e. The zero-order valence-electron chi connectivity index (χ0n) is 12.3. The Morgan fingerprint density at radius 3 is 2.86 bits per heavy atom. The second-order valence-corrected chi connectivity index (χ2v) is 4.82. The molecular weight excluding hydrogens is 288 g/mol. The molecule has 1 saturated heterocycles. The minimum absolute atomic E-state index is 0.249. The zero-order chi connectivity index (χ0) is 15.9. The van der Waals surface area contributed by atoms with Crippen molar-refractivity contribution in [2.75, 3.05) is 25.6 Å². The molecule has 1 aliphatic rings. The van der Waals surface area contributed by atoms with Crippen molar-refractivity contribution in [3.8, 4) is 0 Å². The van der Waals surface area contributed by atoms with E-state index in [9.17, 15) is 14.4 Å². The van der Waals surface area contributed by atoms with Gasteiger partial charge >= 0.3 is 5.97 Å². The standard InChI is InChI=1S/C15H18N2O5/c1-16-14(19)10-4-2-5-11(8-10)17-13(18)9-22-15(20)12-6-3-7-21-12/h2,4-5,8,12H,3,6-7,9H2,1H3,(H,16,19)(H,17,18)/t12-/m1/s1. The Hall–Kier alpha value is -2.41. The summed E-state index contributed by atoms with van der Waals surface area (Å²) in [6, 6.07) is 6.47. The maximum atomic E-state index is 11.8. The predicted octanol–water partition coefficient (Wildman–Crippen LogP) is 0.707. The van der Waals surface area contributed by atoms with Gasteiger partial charge in [0.15, 0.2) is 12.7 Å². The van der Waals surface area contributed by atoms with Gasteiger partial charge in [-0.3, -0.25) is 9.59 Å². The molecule has 0 bridgehead atoms. The molecule has 22 heavy (non-hydrogen) atoms. The molecule has 1 heterocycles. The maximum Gasteiger partial charge on any atom is 0.335 e. The Kier molecular flexibility index (Phi) is 5.48. The highest BCUT2D eigenvalue weighted by Gasteiger charge is 2.25. The third-order valence-corrected chi connectivity index (χ3v) is 3.17. The predicted molar refractivity (Wildman–Crippen MR) is 78.4 cm³/mol. The molecule has 0 spiro atoms. The first-order chi connectivity index (χ1) is 10.6. The van der Waals surface area contributed by atoms with Gasteiger partial charge in [0.25, 0.3) is 11.8 Å². The van der Waals surface area contributed by atoms with Gasteiger partial charge in [0.2, 0.25) is 0 Å². The van der Waals surface area contributed by atoms with Gasteiger partial charge in [0.05, 0.1) is 0 Å². The average molecular weight is 306 g/mol. The van der Waals surface area contributed by atoms with Crippen molar-refractivity contribution >= 4 is 23.5 Å². The summed E-state index contributed by atoms with van der Waals surface area (Å²) in [5.74, 6) is -1.24. The van der Waals surface area contributed by atoms with E-state index < -0.39 is 18.0 Å². The number of carbonyl (C=O) groups excluding carboxylic acids is 3. The van der Waals surface area contributed by atoms with Crippen LogP contribution in [-0.4, -0.2) is 44.1 Å². The molecule has 1 atom stereocenters. The fourth-order valence-electron chi connectivity index (χ4n) is 2.07. The van der Waals surface area contributed by atoms with E-state index in [1.54, 1.807) is 24.3 Å². The van der Waals surface area contributed by atoms with Crippen molar-refractivity contribution in [2.24, 2.45) is 0 Å². The number of nitrogens with one attached hydrogen (secondary N) is 2. The van der Waals surface area contributed by atoms with Crippen LogP contribution in [-0.2, 0) is 19.1 Å². The highest BCUT2D eigenvalue weighted by atomic mass is 16.6. The number of esters is 1. The summed E-state index contributed by atoms with van der Waals surface area (Å²) >= 11 is 0. The van der Waals surface area contributed by atoms with Crippen LogP contribution in [0.25, 0.3) is 0 Å². The first-order valence-corrected chi connectivity index (χ1v) is 7.00. The van der Waals surface area contributed by atoms with Crippen molar-refractivity contribution in [3.63, 3.8) is 0 Å². The first-order valence-electron chi connectivity index (χ1n) is 7.00. The summed E-state index contributed by atoms with van der Waals surface area (Å²) in [6.45, 7) is 0.154. The zero-order valence-corrected chi connectivity index (χ0v) is 12.3. The molecule has 7 nitrogen and oxygen atoms in total. The van der Waals surface area contributed by atoms with E-state index in [0.717, 1.165) is 6.42 Å². The summed E-state index contributed by atoms with van der Waals surface area (Å²) in [5, 5.41) is 5.07. The summed E-state index contributed by atoms with van der Waals surface area (Å²) in [5.41, 5.74) is 0.885. The van der Waals surface area contributed by atoms with Gasteiger partial charge in [-0.2, -0.15) is 0 Å². The fraction of sp³-hybridized carbons (Fsp3) is 0.400. The van der Waals surface area contributed by atoms with Crippen LogP contribution < -0.4 is 10.6 Å². The van der Waals surface area contributed by atoms with Crippen molar-refractivity contribution in [1.29, 1.82) is 0 Å². The highest BCUT2D eigenvalue weighted by Crippen LogP contribution is 2.13. The van der Waals surface area contributed by atoms with Crippen LogP contribution >= 0.6 is 0 Å². The molecule has 0 saturated carbocycles. The van der Waals surface area contributed by atoms with Gasteiger partial charge in [-0.05, 0) is 31.0 Å². The van der Waals surface area contributed by atoms with E-state index in [1.165, 1.54) is 7.05 Å². The Morgan fingerprint density at radius 1 is 1.36 bits per heavy atom. The summed E-state index contributed by atoms with van der Waals surface area (Å²) < 4.78 is 10.1. The lowest BCUT2D eigenvalue weighted by atomic mass is 10.2. The number of ether oxygens (including phenoxy) is 2. The molecule has 2 N–H and O–H groups in total. The van der Waals surface area contributed by atoms with Crippen molar-refractivity contribution in [2.45, 2.75) is 18.9 Å². The molecule has 118 valence electrons. The van der Waals surface area contributed by atoms with Crippen LogP contribution in [0, 0.1) is 0 Å². The number of hydrogen-bond acceptors (Lipinski definition) is 5. The van der Waals surface area contributed by atoms with Gasteiger partial charge in [-0.25, -0.2) is 4.79 Å². The molecule has 0 unspecified atom stereocenters. The van der Waals surface area contributed by atoms with Crippen LogP contribution in [0.2, 0.25) is 0 Å². The molecule has 0 aromatic heterocycles. The number of hydrogen-bond donors (Lipinski definition) is 2. The quantitative estimate of drug-likeness (QED) is 0.781. The molecule has 1 fully saturated rings. The Bertz CT molecular complexity index is 567. The van der Waals surface area contributed by atoms with E-state index in [1.807, 2.05) is 0 Å². The number of amides is 2. The minimum atomic E-state index is -0.565. The largest absolute Gasteiger partial charge is 0.454 e. The van der Waals surface area contributed by atoms with Crippen LogP contribution in [0.5, 0.6) is 0 Å². The van der Waals surface area contributed by atoms with Crippen LogP contribution in [0.1, 0.15) is 23.2 Å². The van der Waals surface area contributed by atoms with Gasteiger partial charge in [0, 0.05) is 24.9 Å². The average Bonchev–Trinajstić information content (AvgIpc) is 3.06. The van der Waals surface area contributed by atoms with Gasteiger partial charge < -0.3 is 20.1 Å². The Labute approximate surface area is 128 Å². The second kappa shape index (κ2) is 7.56. The van der Waals surface area contributed by atoms with E-state index in [-0.39, 0.29) is 12.5 Å². The SMILES string of the molecule is CNC(=O)c1cccc(NC(=O)COC(=O)[C@H]2CCCO2)c1. The van der Waals surface area contributed by atoms with Gasteiger partial charge in [-0.1, -0.05) is 6.07 Å². The molecule has 1 aliphatic heterocycles. The molecule has 0 radical (unpaired) electrons. The molecular formula is C15H18N2O5. The molecule has 1 aromatic carbocycles. The summed E-state index contributed by atoms with van der Waals surface area (Å²) in [7, 11) is 1.53. The molecule has 2 rings (SSSR count). The molecule has 1 aromatic rings. The fourth-order valence-corrected chi connectivity index (χ4v) is 2.07. The third kappa shape index (κ3) is 4.29. The van der Waals surface area contributed by atoms with Crippen molar-refractivity contribution in [3.05, 3.63) is 29.8 Å². The lowest BCUT2D eigenvalue weighted by Crippen LogP contribution is -2.27. The van der Waals surface area contributed by atoms with E-state index >= 15 is 0 Å². The second-order valence-electron chi connectivity index (χ2n) is 4.82. The van der Waals surface area contributed by atoms with Gasteiger partial charge in [-0.15, -0.1) is 0 Å². The smallest absolute Gasteiger partial charge is 0.335 e. The van der Waals surface area contributed by atoms with Crippen LogP contribution in [0.15, 0.2) is 24.3 Å². The summed E-state index contributed by atoms with van der Waals surface area (Å²) in [6.07, 6.45) is 0.872. The van der Waals surface area contributed by atoms with E-state index in [2.05, 4.69) is 10.6 Å². The van der Waals surface area contributed by atoms with Crippen molar-refractivity contribution < 1.29 is 23.9 Å². The first kappa shape index (κ1) is 16.0. The molecule has 0 aliphatic carbocycles. The normalized spacial score (nSPS) is 16.9. The van der Waals surface area contributed by atoms with Crippen LogP contribution in [0.3, 0.4) is 0 Å². The highest BCUT2D eigenvalue weighted by molar-refractivity contribution is 5.97. The monoisotopic (exact) mass is 306 g/mol. The van der Waals surface area contributed by atoms with Crippen LogP contribution in [0.4, 0.5) is 5.69 Å². The van der Waals surface area contributed by atoms with Crippen molar-refractivity contribution in [1.82, 2.24) is 5.32 Å². The lowest BCUT2D eigenvalue weighted by Gasteiger charge is -2.10. The molecule has 2 amide bonds. The lowest BCUT2D eigenvalue weighted by molar-refractivity contribution is -0.156. The Balaban J connectivity index is 1.84. The number of carbonyl (C=O) groups is 3. The summed E-state index contributed by atoms with van der Waals surface area (Å²) in [4.78, 5) is 34.9. The number of rotatable bonds is 5. The maximum absolute atomic E-state index is 11.8. The molecule has 7 heteroatoms. The van der Waals surface area contributed by atoms with E-state index in [4.69, 9.17) is 9.47 Å². The Morgan fingerprint density at radius 2 is 2.18 bits per heavy atom. The van der Waals surface area contributed by atoms with Gasteiger partial charge in [0.1, 0.15) is 0 Å². The number of anilines is 1. The third-order valence-electron chi connectivity index (χ3n) is 3.17. The number of benzene rings is 1. The van der Waals surface area contributed by atoms with E-state index in [0.29, 0.717) is 24.3 Å².